The van der Waals surface area contributed by atoms with Crippen molar-refractivity contribution in [3.63, 3.8) is 0 Å². The van der Waals surface area contributed by atoms with Crippen LogP contribution in [0.2, 0.25) is 0 Å². The van der Waals surface area contributed by atoms with Crippen molar-refractivity contribution in [3.05, 3.63) is 41.3 Å². The maximum atomic E-state index is 13.1. The molecule has 0 aromatic heterocycles. The second kappa shape index (κ2) is 11.1. The fourth-order valence-electron chi connectivity index (χ4n) is 4.31. The van der Waals surface area contributed by atoms with Gasteiger partial charge in [-0.3, -0.25) is 9.59 Å². The molecule has 0 saturated carbocycles. The van der Waals surface area contributed by atoms with Crippen LogP contribution < -0.4 is 5.32 Å². The molecule has 1 aromatic carbocycles. The summed E-state index contributed by atoms with van der Waals surface area (Å²) >= 11 is 0. The number of piperidine rings is 2. The topological polar surface area (TPSA) is 86.8 Å². The number of rotatable bonds is 7. The largest absolute Gasteiger partial charge is 0.356 e. The number of hydrogen-bond acceptors (Lipinski definition) is 4. The zero-order valence-corrected chi connectivity index (χ0v) is 19.9. The van der Waals surface area contributed by atoms with Crippen LogP contribution in [0, 0.1) is 17.8 Å². The molecule has 3 rings (SSSR count). The lowest BCUT2D eigenvalue weighted by Crippen LogP contribution is -2.48. The van der Waals surface area contributed by atoms with Gasteiger partial charge >= 0.3 is 0 Å². The summed E-state index contributed by atoms with van der Waals surface area (Å²) < 4.78 is 26.8. The maximum Gasteiger partial charge on any atom is 0.236 e. The molecule has 0 radical (unpaired) electrons. The molecule has 2 heterocycles. The number of benzene rings is 1. The maximum absolute atomic E-state index is 13.1. The number of likely N-dealkylation sites (tertiary alicyclic amines) is 1. The molecule has 1 aromatic rings. The highest BCUT2D eigenvalue weighted by molar-refractivity contribution is 7.92. The number of sulfonamides is 1. The Bertz CT molecular complexity index is 906. The van der Waals surface area contributed by atoms with Crippen LogP contribution in [0.5, 0.6) is 0 Å². The number of hydrogen-bond donors (Lipinski definition) is 1. The molecule has 7 nitrogen and oxygen atoms in total. The van der Waals surface area contributed by atoms with Crippen LogP contribution in [0.15, 0.2) is 35.7 Å². The van der Waals surface area contributed by atoms with Gasteiger partial charge in [0.15, 0.2) is 0 Å². The molecule has 1 atom stereocenters. The van der Waals surface area contributed by atoms with Crippen molar-refractivity contribution in [1.29, 1.82) is 0 Å². The van der Waals surface area contributed by atoms with Crippen LogP contribution in [0.4, 0.5) is 0 Å². The molecule has 2 amide bonds. The third kappa shape index (κ3) is 6.65. The van der Waals surface area contributed by atoms with E-state index in [0.717, 1.165) is 24.9 Å². The van der Waals surface area contributed by atoms with E-state index in [1.165, 1.54) is 9.71 Å². The van der Waals surface area contributed by atoms with E-state index in [1.807, 2.05) is 49.1 Å². The summed E-state index contributed by atoms with van der Waals surface area (Å²) in [5.74, 6) is 0.271. The van der Waals surface area contributed by atoms with Crippen LogP contribution >= 0.6 is 0 Å². The standard InChI is InChI=1S/C24H35N3O4S/c1-19(2)23(28)25-17-21-9-6-13-26(18-21)24(29)22-10-14-27(15-11-22)32(30,31)16-12-20-7-4-3-5-8-20/h3-5,7-8,12,16,19,21-22H,6,9-11,13-15,17-18H2,1-2H3,(H,25,28)/b16-12+/t21-/m1/s1. The first-order chi connectivity index (χ1) is 15.3. The number of nitrogens with one attached hydrogen (secondary N) is 1. The Kier molecular flexibility index (Phi) is 8.48. The van der Waals surface area contributed by atoms with Crippen molar-refractivity contribution in [2.45, 2.75) is 39.5 Å². The van der Waals surface area contributed by atoms with Gasteiger partial charge in [-0.15, -0.1) is 0 Å². The molecule has 2 aliphatic rings. The van der Waals surface area contributed by atoms with Crippen LogP contribution in [-0.4, -0.2) is 62.2 Å². The molecule has 0 spiro atoms. The summed E-state index contributed by atoms with van der Waals surface area (Å²) in [6, 6.07) is 9.34. The Morgan fingerprint density at radius 1 is 1.09 bits per heavy atom. The smallest absolute Gasteiger partial charge is 0.236 e. The van der Waals surface area contributed by atoms with Crippen molar-refractivity contribution < 1.29 is 18.0 Å². The van der Waals surface area contributed by atoms with Crippen LogP contribution in [0.3, 0.4) is 0 Å². The summed E-state index contributed by atoms with van der Waals surface area (Å²) in [6.45, 7) is 6.47. The minimum atomic E-state index is -3.50. The van der Waals surface area contributed by atoms with Crippen LogP contribution in [0.1, 0.15) is 45.1 Å². The first-order valence-corrected chi connectivity index (χ1v) is 13.1. The fourth-order valence-corrected chi connectivity index (χ4v) is 5.53. The summed E-state index contributed by atoms with van der Waals surface area (Å²) in [5, 5.41) is 4.24. The third-order valence-electron chi connectivity index (χ3n) is 6.32. The second-order valence-electron chi connectivity index (χ2n) is 9.12. The van der Waals surface area contributed by atoms with Gasteiger partial charge in [0.1, 0.15) is 0 Å². The first-order valence-electron chi connectivity index (χ1n) is 11.6. The molecule has 0 unspecified atom stereocenters. The molecular formula is C24H35N3O4S. The van der Waals surface area contributed by atoms with Crippen molar-refractivity contribution >= 4 is 27.9 Å². The van der Waals surface area contributed by atoms with E-state index < -0.39 is 10.0 Å². The molecule has 1 N–H and O–H groups in total. The average molecular weight is 462 g/mol. The van der Waals surface area contributed by atoms with E-state index in [-0.39, 0.29) is 29.6 Å². The zero-order valence-electron chi connectivity index (χ0n) is 19.1. The predicted octanol–water partition coefficient (Wildman–Crippen LogP) is 2.71. The quantitative estimate of drug-likeness (QED) is 0.676. The van der Waals surface area contributed by atoms with Crippen molar-refractivity contribution in [3.8, 4) is 0 Å². The summed E-state index contributed by atoms with van der Waals surface area (Å²) in [4.78, 5) is 26.8. The van der Waals surface area contributed by atoms with Gasteiger partial charge in [0.2, 0.25) is 21.8 Å². The highest BCUT2D eigenvalue weighted by Crippen LogP contribution is 2.25. The van der Waals surface area contributed by atoms with Crippen molar-refractivity contribution in [1.82, 2.24) is 14.5 Å². The van der Waals surface area contributed by atoms with Gasteiger partial charge in [0.05, 0.1) is 0 Å². The van der Waals surface area contributed by atoms with Crippen LogP contribution in [0.25, 0.3) is 6.08 Å². The van der Waals surface area contributed by atoms with Crippen molar-refractivity contribution in [2.75, 3.05) is 32.7 Å². The normalized spacial score (nSPS) is 21.2. The summed E-state index contributed by atoms with van der Waals surface area (Å²) in [6.07, 6.45) is 4.64. The van der Waals surface area contributed by atoms with Gasteiger partial charge in [0, 0.05) is 50.0 Å². The number of amides is 2. The van der Waals surface area contributed by atoms with E-state index in [4.69, 9.17) is 0 Å². The van der Waals surface area contributed by atoms with Gasteiger partial charge in [-0.05, 0) is 43.2 Å². The van der Waals surface area contributed by atoms with E-state index >= 15 is 0 Å². The zero-order chi connectivity index (χ0) is 23.1. The fraction of sp³-hybridized carbons (Fsp3) is 0.583. The van der Waals surface area contributed by atoms with Gasteiger partial charge in [0.25, 0.3) is 0 Å². The average Bonchev–Trinajstić information content (AvgIpc) is 2.81. The van der Waals surface area contributed by atoms with E-state index in [9.17, 15) is 18.0 Å². The predicted molar refractivity (Wildman–Crippen MR) is 126 cm³/mol. The molecule has 8 heteroatoms. The molecule has 0 bridgehead atoms. The third-order valence-corrected chi connectivity index (χ3v) is 7.88. The van der Waals surface area contributed by atoms with E-state index in [2.05, 4.69) is 5.32 Å². The highest BCUT2D eigenvalue weighted by Gasteiger charge is 2.34. The van der Waals surface area contributed by atoms with Gasteiger partial charge in [-0.1, -0.05) is 44.2 Å². The van der Waals surface area contributed by atoms with E-state index in [0.29, 0.717) is 39.0 Å². The second-order valence-corrected chi connectivity index (χ2v) is 10.9. The Morgan fingerprint density at radius 3 is 2.44 bits per heavy atom. The van der Waals surface area contributed by atoms with Gasteiger partial charge in [-0.2, -0.15) is 4.31 Å². The number of nitrogens with zero attached hydrogens (tertiary/aromatic N) is 2. The molecule has 2 saturated heterocycles. The molecule has 0 aliphatic carbocycles. The number of carbonyl (C=O) groups excluding carboxylic acids is 2. The molecule has 176 valence electrons. The SMILES string of the molecule is CC(C)C(=O)NC[C@H]1CCCN(C(=O)C2CCN(S(=O)(=O)/C=C/c3ccccc3)CC2)C1. The minimum absolute atomic E-state index is 0.0414. The highest BCUT2D eigenvalue weighted by atomic mass is 32.2. The molecule has 32 heavy (non-hydrogen) atoms. The molecular weight excluding hydrogens is 426 g/mol. The number of carbonyl (C=O) groups is 2. The lowest BCUT2D eigenvalue weighted by Gasteiger charge is -2.37. The molecule has 2 aliphatic heterocycles. The molecule has 2 fully saturated rings. The first kappa shape index (κ1) is 24.5. The van der Waals surface area contributed by atoms with Crippen LogP contribution in [-0.2, 0) is 19.6 Å². The Morgan fingerprint density at radius 2 is 1.78 bits per heavy atom. The minimum Gasteiger partial charge on any atom is -0.356 e. The van der Waals surface area contributed by atoms with Crippen molar-refractivity contribution in [2.24, 2.45) is 17.8 Å². The van der Waals surface area contributed by atoms with Gasteiger partial charge in [-0.25, -0.2) is 8.42 Å². The Hall–Kier alpha value is -2.19. The lowest BCUT2D eigenvalue weighted by atomic mass is 9.92. The summed E-state index contributed by atoms with van der Waals surface area (Å²) in [5.41, 5.74) is 0.838. The van der Waals surface area contributed by atoms with Gasteiger partial charge < -0.3 is 10.2 Å². The Balaban J connectivity index is 1.49. The summed E-state index contributed by atoms with van der Waals surface area (Å²) in [7, 11) is -3.50. The van der Waals surface area contributed by atoms with E-state index in [1.54, 1.807) is 6.08 Å². The Labute approximate surface area is 191 Å². The lowest BCUT2D eigenvalue weighted by molar-refractivity contribution is -0.138. The monoisotopic (exact) mass is 461 g/mol.